The van der Waals surface area contributed by atoms with E-state index >= 15 is 0 Å². The molecule has 0 aliphatic heterocycles. The molecule has 23 heavy (non-hydrogen) atoms. The summed E-state index contributed by atoms with van der Waals surface area (Å²) in [7, 11) is 1.66. The minimum atomic E-state index is 0.145. The lowest BCUT2D eigenvalue weighted by molar-refractivity contribution is -0.120. The molecule has 128 valence electrons. The molecule has 3 nitrogen and oxygen atoms in total. The van der Waals surface area contributed by atoms with Gasteiger partial charge in [0.05, 0.1) is 0 Å². The van der Waals surface area contributed by atoms with Gasteiger partial charge in [0.15, 0.2) is 0 Å². The molecule has 0 heterocycles. The fraction of sp³-hybridized carbons (Fsp3) is 0.450. The first-order valence-electron chi connectivity index (χ1n) is 8.51. The maximum Gasteiger partial charge on any atom is 0.219 e. The van der Waals surface area contributed by atoms with Crippen molar-refractivity contribution in [2.75, 3.05) is 7.05 Å². The predicted octanol–water partition coefficient (Wildman–Crippen LogP) is 4.64. The Balaban J connectivity index is 0.000000385. The van der Waals surface area contributed by atoms with Gasteiger partial charge in [-0.3, -0.25) is 4.79 Å². The van der Waals surface area contributed by atoms with E-state index in [4.69, 9.17) is 5.73 Å². The quantitative estimate of drug-likeness (QED) is 0.863. The third-order valence-corrected chi connectivity index (χ3v) is 3.09. The number of benzene rings is 2. The Morgan fingerprint density at radius 2 is 1.65 bits per heavy atom. The second-order valence-corrected chi connectivity index (χ2v) is 5.37. The van der Waals surface area contributed by atoms with E-state index in [9.17, 15) is 4.79 Å². The number of hydrogen-bond donors (Lipinski definition) is 2. The summed E-state index contributed by atoms with van der Waals surface area (Å²) in [6, 6.07) is 14.6. The van der Waals surface area contributed by atoms with Gasteiger partial charge in [-0.1, -0.05) is 70.0 Å². The van der Waals surface area contributed by atoms with Gasteiger partial charge in [-0.15, -0.1) is 0 Å². The third kappa shape index (κ3) is 9.69. The van der Waals surface area contributed by atoms with Gasteiger partial charge >= 0.3 is 0 Å². The van der Waals surface area contributed by atoms with Gasteiger partial charge in [0.25, 0.3) is 0 Å². The maximum absolute atomic E-state index is 10.5. The summed E-state index contributed by atoms with van der Waals surface area (Å²) in [5.74, 6) is 0.145. The Morgan fingerprint density at radius 3 is 2.17 bits per heavy atom. The Bertz CT molecular complexity index is 552. The zero-order valence-electron chi connectivity index (χ0n) is 15.1. The van der Waals surface area contributed by atoms with E-state index in [1.54, 1.807) is 7.05 Å². The lowest BCUT2D eigenvalue weighted by Crippen LogP contribution is -2.16. The van der Waals surface area contributed by atoms with Crippen LogP contribution >= 0.6 is 0 Å². The highest BCUT2D eigenvalue weighted by molar-refractivity contribution is 5.82. The standard InChI is InChI=1S/C11H11N.C6H13NO.C3H8/c12-8-9-5-6-10-3-1-2-4-11(10)7-9;1-3-4-5-6(8)7-2;1-3-2/h1-7H,8,12H2;3-5H2,1-2H3,(H,7,8);3H2,1-2H3. The van der Waals surface area contributed by atoms with Crippen LogP contribution in [-0.2, 0) is 11.3 Å². The van der Waals surface area contributed by atoms with E-state index in [0.29, 0.717) is 13.0 Å². The van der Waals surface area contributed by atoms with Crippen molar-refractivity contribution in [2.24, 2.45) is 5.73 Å². The number of nitrogens with two attached hydrogens (primary N) is 1. The number of amides is 1. The zero-order valence-corrected chi connectivity index (χ0v) is 15.1. The average Bonchev–Trinajstić information content (AvgIpc) is 2.60. The number of carbonyl (C=O) groups excluding carboxylic acids is 1. The van der Waals surface area contributed by atoms with Crippen molar-refractivity contribution in [3.63, 3.8) is 0 Å². The Labute approximate surface area is 141 Å². The molecule has 2 aromatic rings. The molecule has 0 fully saturated rings. The van der Waals surface area contributed by atoms with Crippen LogP contribution in [0.1, 0.15) is 52.0 Å². The first-order chi connectivity index (χ1) is 11.1. The number of rotatable bonds is 4. The van der Waals surface area contributed by atoms with Gasteiger partial charge in [-0.25, -0.2) is 0 Å². The second-order valence-electron chi connectivity index (χ2n) is 5.37. The fourth-order valence-electron chi connectivity index (χ4n) is 1.83. The van der Waals surface area contributed by atoms with E-state index in [0.717, 1.165) is 12.8 Å². The molecule has 0 aromatic heterocycles. The molecule has 0 unspecified atom stereocenters. The molecule has 0 saturated carbocycles. The van der Waals surface area contributed by atoms with Gasteiger partial charge < -0.3 is 11.1 Å². The van der Waals surface area contributed by atoms with Gasteiger partial charge in [0.2, 0.25) is 5.91 Å². The summed E-state index contributed by atoms with van der Waals surface area (Å²) in [6.07, 6.45) is 4.01. The Morgan fingerprint density at radius 1 is 1.04 bits per heavy atom. The molecular formula is C20H32N2O. The Hall–Kier alpha value is -1.87. The largest absolute Gasteiger partial charge is 0.359 e. The molecule has 0 saturated heterocycles. The van der Waals surface area contributed by atoms with Crippen molar-refractivity contribution in [3.8, 4) is 0 Å². The van der Waals surface area contributed by atoms with Crippen LogP contribution in [0.3, 0.4) is 0 Å². The lowest BCUT2D eigenvalue weighted by atomic mass is 10.1. The number of carbonyl (C=O) groups is 1. The smallest absolute Gasteiger partial charge is 0.219 e. The van der Waals surface area contributed by atoms with Crippen LogP contribution in [0.2, 0.25) is 0 Å². The number of hydrogen-bond acceptors (Lipinski definition) is 2. The molecule has 3 heteroatoms. The van der Waals surface area contributed by atoms with E-state index in [2.05, 4.69) is 56.4 Å². The number of unbranched alkanes of at least 4 members (excludes halogenated alkanes) is 1. The van der Waals surface area contributed by atoms with E-state index < -0.39 is 0 Å². The minimum absolute atomic E-state index is 0.145. The Kier molecular flexibility index (Phi) is 12.7. The summed E-state index contributed by atoms with van der Waals surface area (Å²) >= 11 is 0. The summed E-state index contributed by atoms with van der Waals surface area (Å²) in [6.45, 7) is 6.94. The zero-order chi connectivity index (χ0) is 17.5. The molecule has 0 radical (unpaired) electrons. The van der Waals surface area contributed by atoms with Gasteiger partial charge in [-0.05, 0) is 28.8 Å². The van der Waals surface area contributed by atoms with Crippen molar-refractivity contribution in [3.05, 3.63) is 48.0 Å². The van der Waals surface area contributed by atoms with Crippen molar-refractivity contribution in [2.45, 2.75) is 53.0 Å². The van der Waals surface area contributed by atoms with Crippen LogP contribution in [0.5, 0.6) is 0 Å². The van der Waals surface area contributed by atoms with E-state index in [1.165, 1.54) is 22.8 Å². The first-order valence-corrected chi connectivity index (χ1v) is 8.51. The molecule has 0 atom stereocenters. The molecule has 0 aliphatic rings. The van der Waals surface area contributed by atoms with Crippen LogP contribution in [0.15, 0.2) is 42.5 Å². The lowest BCUT2D eigenvalue weighted by Gasteiger charge is -1.99. The number of fused-ring (bicyclic) bond motifs is 1. The van der Waals surface area contributed by atoms with Crippen LogP contribution in [0, 0.1) is 0 Å². The molecule has 0 aliphatic carbocycles. The maximum atomic E-state index is 10.5. The first kappa shape index (κ1) is 21.1. The van der Waals surface area contributed by atoms with E-state index in [-0.39, 0.29) is 5.91 Å². The van der Waals surface area contributed by atoms with Gasteiger partial charge in [0, 0.05) is 20.0 Å². The highest BCUT2D eigenvalue weighted by atomic mass is 16.1. The fourth-order valence-corrected chi connectivity index (χ4v) is 1.83. The third-order valence-electron chi connectivity index (χ3n) is 3.09. The predicted molar refractivity (Wildman–Crippen MR) is 101 cm³/mol. The highest BCUT2D eigenvalue weighted by Crippen LogP contribution is 2.14. The molecule has 0 spiro atoms. The molecular weight excluding hydrogens is 284 g/mol. The average molecular weight is 316 g/mol. The summed E-state index contributed by atoms with van der Waals surface area (Å²) < 4.78 is 0. The topological polar surface area (TPSA) is 55.1 Å². The van der Waals surface area contributed by atoms with Crippen LogP contribution in [0.25, 0.3) is 10.8 Å². The van der Waals surface area contributed by atoms with Crippen molar-refractivity contribution >= 4 is 16.7 Å². The normalized spacial score (nSPS) is 9.26. The molecule has 2 aromatic carbocycles. The number of nitrogens with one attached hydrogen (secondary N) is 1. The monoisotopic (exact) mass is 316 g/mol. The second kappa shape index (κ2) is 13.8. The molecule has 2 rings (SSSR count). The minimum Gasteiger partial charge on any atom is -0.359 e. The SMILES string of the molecule is CCC.CCCCC(=O)NC.NCc1ccc2ccccc2c1. The van der Waals surface area contributed by atoms with Gasteiger partial charge in [-0.2, -0.15) is 0 Å². The van der Waals surface area contributed by atoms with Crippen LogP contribution in [0.4, 0.5) is 0 Å². The highest BCUT2D eigenvalue weighted by Gasteiger charge is 1.93. The molecule has 1 amide bonds. The summed E-state index contributed by atoms with van der Waals surface area (Å²) in [5, 5.41) is 5.10. The van der Waals surface area contributed by atoms with Gasteiger partial charge in [0.1, 0.15) is 0 Å². The van der Waals surface area contributed by atoms with Crippen molar-refractivity contribution in [1.29, 1.82) is 0 Å². The molecule has 3 N–H and O–H groups in total. The summed E-state index contributed by atoms with van der Waals surface area (Å²) in [4.78, 5) is 10.5. The van der Waals surface area contributed by atoms with Crippen LogP contribution < -0.4 is 11.1 Å². The van der Waals surface area contributed by atoms with Crippen molar-refractivity contribution < 1.29 is 4.79 Å². The summed E-state index contributed by atoms with van der Waals surface area (Å²) in [5.41, 5.74) is 6.73. The van der Waals surface area contributed by atoms with Crippen molar-refractivity contribution in [1.82, 2.24) is 5.32 Å². The molecule has 0 bridgehead atoms. The van der Waals surface area contributed by atoms with E-state index in [1.807, 2.05) is 12.1 Å². The van der Waals surface area contributed by atoms with Crippen LogP contribution in [-0.4, -0.2) is 13.0 Å².